The molecule has 1 fully saturated rings. The van der Waals surface area contributed by atoms with E-state index in [9.17, 15) is 25.5 Å². The van der Waals surface area contributed by atoms with Crippen LogP contribution in [0, 0.1) is 5.92 Å². The SMILES string of the molecule is O=S(=O)(F)CC1CCCNC1C(F)(F)F. The van der Waals surface area contributed by atoms with E-state index in [1.807, 2.05) is 0 Å². The van der Waals surface area contributed by atoms with Crippen molar-refractivity contribution in [1.82, 2.24) is 5.32 Å². The fraction of sp³-hybridized carbons (Fsp3) is 1.00. The van der Waals surface area contributed by atoms with Gasteiger partial charge in [0.05, 0.1) is 5.75 Å². The number of halogens is 4. The van der Waals surface area contributed by atoms with E-state index in [0.29, 0.717) is 6.42 Å². The topological polar surface area (TPSA) is 46.2 Å². The summed E-state index contributed by atoms with van der Waals surface area (Å²) in [4.78, 5) is 0. The van der Waals surface area contributed by atoms with Crippen molar-refractivity contribution < 1.29 is 25.5 Å². The van der Waals surface area contributed by atoms with Crippen molar-refractivity contribution in [2.45, 2.75) is 25.1 Å². The Balaban J connectivity index is 2.75. The Morgan fingerprint density at radius 2 is 1.93 bits per heavy atom. The van der Waals surface area contributed by atoms with Crippen molar-refractivity contribution in [3.8, 4) is 0 Å². The van der Waals surface area contributed by atoms with E-state index in [0.717, 1.165) is 0 Å². The first-order valence-corrected chi connectivity index (χ1v) is 5.98. The lowest BCUT2D eigenvalue weighted by Crippen LogP contribution is -2.52. The van der Waals surface area contributed by atoms with E-state index < -0.39 is 34.1 Å². The molecule has 3 nitrogen and oxygen atoms in total. The molecule has 1 aliphatic rings. The maximum atomic E-state index is 12.4. The first kappa shape index (κ1) is 12.7. The second-order valence-electron chi connectivity index (χ2n) is 3.58. The van der Waals surface area contributed by atoms with Crippen LogP contribution in [-0.2, 0) is 10.2 Å². The summed E-state index contributed by atoms with van der Waals surface area (Å²) < 4.78 is 70.1. The molecule has 0 radical (unpaired) electrons. The maximum Gasteiger partial charge on any atom is 0.404 e. The van der Waals surface area contributed by atoms with Crippen molar-refractivity contribution >= 4 is 10.2 Å². The molecule has 0 saturated carbocycles. The highest BCUT2D eigenvalue weighted by molar-refractivity contribution is 7.86. The zero-order valence-electron chi connectivity index (χ0n) is 7.72. The van der Waals surface area contributed by atoms with Gasteiger partial charge in [-0.05, 0) is 25.3 Å². The van der Waals surface area contributed by atoms with Crippen LogP contribution in [0.3, 0.4) is 0 Å². The molecule has 15 heavy (non-hydrogen) atoms. The summed E-state index contributed by atoms with van der Waals surface area (Å²) in [6, 6.07) is -1.92. The second-order valence-corrected chi connectivity index (χ2v) is 4.99. The lowest BCUT2D eigenvalue weighted by molar-refractivity contribution is -0.170. The third-order valence-corrected chi connectivity index (χ3v) is 3.18. The standard InChI is InChI=1S/C7H11F4NO2S/c8-7(9,10)6-5(2-1-3-12-6)4-15(11,13)14/h5-6,12H,1-4H2. The van der Waals surface area contributed by atoms with Crippen LogP contribution < -0.4 is 5.32 Å². The molecular formula is C7H11F4NO2S. The van der Waals surface area contributed by atoms with Crippen molar-refractivity contribution in [2.75, 3.05) is 12.3 Å². The van der Waals surface area contributed by atoms with Crippen LogP contribution in [0.1, 0.15) is 12.8 Å². The van der Waals surface area contributed by atoms with Gasteiger partial charge in [0, 0.05) is 0 Å². The van der Waals surface area contributed by atoms with Gasteiger partial charge in [-0.25, -0.2) is 0 Å². The average molecular weight is 249 g/mol. The van der Waals surface area contributed by atoms with Gasteiger partial charge in [0.25, 0.3) is 0 Å². The summed E-state index contributed by atoms with van der Waals surface area (Å²) in [6.45, 7) is 0.174. The summed E-state index contributed by atoms with van der Waals surface area (Å²) in [5.74, 6) is -2.29. The normalized spacial score (nSPS) is 29.1. The van der Waals surface area contributed by atoms with Crippen LogP contribution in [-0.4, -0.2) is 32.9 Å². The van der Waals surface area contributed by atoms with Gasteiger partial charge in [0.1, 0.15) is 6.04 Å². The molecule has 0 spiro atoms. The number of rotatable bonds is 2. The smallest absolute Gasteiger partial charge is 0.306 e. The Morgan fingerprint density at radius 3 is 2.40 bits per heavy atom. The summed E-state index contributed by atoms with van der Waals surface area (Å²) in [6.07, 6.45) is -4.04. The number of hydrogen-bond donors (Lipinski definition) is 1. The lowest BCUT2D eigenvalue weighted by Gasteiger charge is -2.32. The van der Waals surface area contributed by atoms with Crippen LogP contribution in [0.2, 0.25) is 0 Å². The monoisotopic (exact) mass is 249 g/mol. The quantitative estimate of drug-likeness (QED) is 0.591. The van der Waals surface area contributed by atoms with Crippen LogP contribution in [0.15, 0.2) is 0 Å². The molecule has 1 N–H and O–H groups in total. The number of nitrogens with one attached hydrogen (secondary N) is 1. The van der Waals surface area contributed by atoms with Crippen LogP contribution >= 0.6 is 0 Å². The van der Waals surface area contributed by atoms with Crippen LogP contribution in [0.5, 0.6) is 0 Å². The summed E-state index contributed by atoms with van der Waals surface area (Å²) >= 11 is 0. The van der Waals surface area contributed by atoms with Crippen LogP contribution in [0.25, 0.3) is 0 Å². The molecule has 2 atom stereocenters. The summed E-state index contributed by atoms with van der Waals surface area (Å²) in [7, 11) is -4.86. The fourth-order valence-electron chi connectivity index (χ4n) is 1.77. The minimum Gasteiger partial charge on any atom is -0.306 e. The molecule has 1 rings (SSSR count). The molecule has 1 aliphatic heterocycles. The average Bonchev–Trinajstić information content (AvgIpc) is 1.99. The van der Waals surface area contributed by atoms with E-state index >= 15 is 0 Å². The maximum absolute atomic E-state index is 12.4. The summed E-state index contributed by atoms with van der Waals surface area (Å²) in [5.41, 5.74) is 0. The minimum atomic E-state index is -4.86. The van der Waals surface area contributed by atoms with Crippen molar-refractivity contribution in [2.24, 2.45) is 5.92 Å². The van der Waals surface area contributed by atoms with Crippen molar-refractivity contribution in [3.05, 3.63) is 0 Å². The minimum absolute atomic E-state index is 0.0698. The molecule has 0 bridgehead atoms. The van der Waals surface area contributed by atoms with Crippen molar-refractivity contribution in [3.63, 3.8) is 0 Å². The molecular weight excluding hydrogens is 238 g/mol. The zero-order chi connectivity index (χ0) is 11.7. The van der Waals surface area contributed by atoms with Gasteiger partial charge in [-0.15, -0.1) is 3.89 Å². The van der Waals surface area contributed by atoms with E-state index in [1.54, 1.807) is 0 Å². The second kappa shape index (κ2) is 4.25. The van der Waals surface area contributed by atoms with Gasteiger partial charge in [0.2, 0.25) is 0 Å². The molecule has 1 saturated heterocycles. The van der Waals surface area contributed by atoms with Gasteiger partial charge in [-0.1, -0.05) is 0 Å². The fourth-order valence-corrected chi connectivity index (χ4v) is 2.64. The van der Waals surface area contributed by atoms with E-state index in [2.05, 4.69) is 5.32 Å². The molecule has 0 amide bonds. The molecule has 0 aromatic heterocycles. The van der Waals surface area contributed by atoms with Gasteiger partial charge in [-0.2, -0.15) is 21.6 Å². The first-order chi connectivity index (χ1) is 6.70. The number of piperidine rings is 1. The molecule has 90 valence electrons. The Labute approximate surface area is 85.1 Å². The molecule has 8 heteroatoms. The highest BCUT2D eigenvalue weighted by atomic mass is 32.3. The Kier molecular flexibility index (Phi) is 3.59. The third kappa shape index (κ3) is 3.94. The number of hydrogen-bond acceptors (Lipinski definition) is 3. The molecule has 2 unspecified atom stereocenters. The third-order valence-electron chi connectivity index (χ3n) is 2.35. The molecule has 0 aromatic carbocycles. The number of alkyl halides is 3. The van der Waals surface area contributed by atoms with Gasteiger partial charge in [-0.3, -0.25) is 0 Å². The predicted octanol–water partition coefficient (Wildman–Crippen LogP) is 1.22. The summed E-state index contributed by atoms with van der Waals surface area (Å²) in [5, 5.41) is 2.18. The largest absolute Gasteiger partial charge is 0.404 e. The molecule has 0 aromatic rings. The first-order valence-electron chi connectivity index (χ1n) is 4.42. The lowest BCUT2D eigenvalue weighted by atomic mass is 9.92. The van der Waals surface area contributed by atoms with Gasteiger partial charge in [0.15, 0.2) is 0 Å². The molecule has 1 heterocycles. The van der Waals surface area contributed by atoms with Crippen molar-refractivity contribution in [1.29, 1.82) is 0 Å². The van der Waals surface area contributed by atoms with E-state index in [1.165, 1.54) is 0 Å². The Hall–Kier alpha value is -0.370. The zero-order valence-corrected chi connectivity index (χ0v) is 8.54. The van der Waals surface area contributed by atoms with E-state index in [-0.39, 0.29) is 13.0 Å². The highest BCUT2D eigenvalue weighted by Crippen LogP contribution is 2.31. The Morgan fingerprint density at radius 1 is 1.33 bits per heavy atom. The van der Waals surface area contributed by atoms with Gasteiger partial charge >= 0.3 is 16.4 Å². The Bertz CT molecular complexity index is 313. The molecule has 0 aliphatic carbocycles. The van der Waals surface area contributed by atoms with E-state index in [4.69, 9.17) is 0 Å². The highest BCUT2D eigenvalue weighted by Gasteiger charge is 2.46. The van der Waals surface area contributed by atoms with Crippen LogP contribution in [0.4, 0.5) is 17.1 Å². The predicted molar refractivity (Wildman–Crippen MR) is 45.5 cm³/mol. The van der Waals surface area contributed by atoms with Gasteiger partial charge < -0.3 is 5.32 Å².